The van der Waals surface area contributed by atoms with Crippen molar-refractivity contribution in [2.45, 2.75) is 33.2 Å². The summed E-state index contributed by atoms with van der Waals surface area (Å²) in [5, 5.41) is 0. The van der Waals surface area contributed by atoms with Crippen molar-refractivity contribution in [1.29, 1.82) is 0 Å². The van der Waals surface area contributed by atoms with Crippen LogP contribution in [0.5, 0.6) is 0 Å². The van der Waals surface area contributed by atoms with Crippen molar-refractivity contribution in [3.8, 4) is 0 Å². The Morgan fingerprint density at radius 1 is 1.42 bits per heavy atom. The third-order valence-corrected chi connectivity index (χ3v) is 1.91. The van der Waals surface area contributed by atoms with Gasteiger partial charge in [0.15, 0.2) is 0 Å². The molecule has 0 aromatic carbocycles. The van der Waals surface area contributed by atoms with Gasteiger partial charge >= 0.3 is 0 Å². The van der Waals surface area contributed by atoms with Crippen molar-refractivity contribution in [1.82, 2.24) is 0 Å². The third kappa shape index (κ3) is 3.00. The number of rotatable bonds is 4. The van der Waals surface area contributed by atoms with Crippen LogP contribution in [-0.4, -0.2) is 17.7 Å². The Labute approximate surface area is 72.3 Å². The zero-order valence-electron chi connectivity index (χ0n) is 7.76. The summed E-state index contributed by atoms with van der Waals surface area (Å²) in [6, 6.07) is -0.620. The number of carbonyl (C=O) groups is 2. The first-order valence-corrected chi connectivity index (χ1v) is 3.81. The van der Waals surface area contributed by atoms with Crippen molar-refractivity contribution < 1.29 is 9.59 Å². The Morgan fingerprint density at radius 3 is 2.08 bits per heavy atom. The van der Waals surface area contributed by atoms with E-state index in [1.165, 1.54) is 6.92 Å². The molecule has 1 unspecified atom stereocenters. The molecule has 0 bridgehead atoms. The molecule has 0 aromatic heterocycles. The maximum Gasteiger partial charge on any atom is 0.218 e. The highest BCUT2D eigenvalue weighted by atomic mass is 16.1. The molecule has 4 N–H and O–H groups in total. The van der Waals surface area contributed by atoms with Gasteiger partial charge in [-0.25, -0.2) is 0 Å². The van der Waals surface area contributed by atoms with E-state index in [2.05, 4.69) is 0 Å². The van der Waals surface area contributed by atoms with E-state index >= 15 is 0 Å². The lowest BCUT2D eigenvalue weighted by atomic mass is 9.80. The van der Waals surface area contributed by atoms with Crippen LogP contribution >= 0.6 is 0 Å². The lowest BCUT2D eigenvalue weighted by Gasteiger charge is -2.28. The molecule has 4 heteroatoms. The maximum atomic E-state index is 10.9. The Balaban J connectivity index is 4.38. The van der Waals surface area contributed by atoms with Gasteiger partial charge in [0.25, 0.3) is 0 Å². The number of ketones is 1. The number of amides is 1. The molecule has 0 saturated heterocycles. The first kappa shape index (κ1) is 11.1. The number of carbonyl (C=O) groups excluding carboxylic acids is 2. The normalized spacial score (nSPS) is 14.0. The van der Waals surface area contributed by atoms with Gasteiger partial charge < -0.3 is 11.5 Å². The van der Waals surface area contributed by atoms with Crippen molar-refractivity contribution in [3.05, 3.63) is 0 Å². The molecule has 0 heterocycles. The first-order valence-electron chi connectivity index (χ1n) is 3.81. The summed E-state index contributed by atoms with van der Waals surface area (Å²) in [5.41, 5.74) is 10.1. The topological polar surface area (TPSA) is 86.2 Å². The molecular weight excluding hydrogens is 156 g/mol. The van der Waals surface area contributed by atoms with Gasteiger partial charge in [0.2, 0.25) is 5.91 Å². The zero-order chi connectivity index (χ0) is 9.94. The smallest absolute Gasteiger partial charge is 0.218 e. The second-order valence-corrected chi connectivity index (χ2v) is 3.72. The summed E-state index contributed by atoms with van der Waals surface area (Å²) in [7, 11) is 0. The van der Waals surface area contributed by atoms with Crippen LogP contribution in [0.15, 0.2) is 0 Å². The van der Waals surface area contributed by atoms with Crippen molar-refractivity contribution in [2.75, 3.05) is 0 Å². The van der Waals surface area contributed by atoms with Crippen LogP contribution in [0.2, 0.25) is 0 Å². The fourth-order valence-electron chi connectivity index (χ4n) is 1.11. The molecule has 0 saturated carbocycles. The molecule has 0 radical (unpaired) electrons. The second kappa shape index (κ2) is 3.67. The Morgan fingerprint density at radius 2 is 1.83 bits per heavy atom. The molecule has 0 aliphatic heterocycles. The number of primary amides is 1. The number of hydrogen-bond acceptors (Lipinski definition) is 3. The van der Waals surface area contributed by atoms with Crippen molar-refractivity contribution in [3.63, 3.8) is 0 Å². The van der Waals surface area contributed by atoms with Crippen LogP contribution in [0.4, 0.5) is 0 Å². The fourth-order valence-corrected chi connectivity index (χ4v) is 1.11. The van der Waals surface area contributed by atoms with E-state index in [0.717, 1.165) is 0 Å². The molecule has 0 aromatic rings. The summed E-state index contributed by atoms with van der Waals surface area (Å²) >= 11 is 0. The van der Waals surface area contributed by atoms with Gasteiger partial charge in [-0.2, -0.15) is 0 Å². The zero-order valence-corrected chi connectivity index (χ0v) is 7.76. The average molecular weight is 172 g/mol. The fraction of sp³-hybridized carbons (Fsp3) is 0.750. The molecule has 0 aliphatic carbocycles. The molecule has 0 fully saturated rings. The SMILES string of the molecule is CC(=O)C(N)C(C)(C)CC(N)=O. The average Bonchev–Trinajstić information content (AvgIpc) is 1.82. The van der Waals surface area contributed by atoms with Gasteiger partial charge in [-0.3, -0.25) is 9.59 Å². The summed E-state index contributed by atoms with van der Waals surface area (Å²) in [4.78, 5) is 21.5. The van der Waals surface area contributed by atoms with Crippen LogP contribution in [0.1, 0.15) is 27.2 Å². The van der Waals surface area contributed by atoms with Gasteiger partial charge in [0, 0.05) is 6.42 Å². The molecule has 1 atom stereocenters. The largest absolute Gasteiger partial charge is 0.370 e. The van der Waals surface area contributed by atoms with E-state index in [1.807, 2.05) is 0 Å². The van der Waals surface area contributed by atoms with E-state index in [0.29, 0.717) is 0 Å². The lowest BCUT2D eigenvalue weighted by molar-refractivity contribution is -0.123. The van der Waals surface area contributed by atoms with E-state index in [1.54, 1.807) is 13.8 Å². The molecule has 0 aliphatic rings. The predicted molar refractivity (Wildman–Crippen MR) is 46.2 cm³/mol. The monoisotopic (exact) mass is 172 g/mol. The van der Waals surface area contributed by atoms with Gasteiger partial charge in [-0.1, -0.05) is 13.8 Å². The molecule has 0 spiro atoms. The van der Waals surface area contributed by atoms with E-state index in [9.17, 15) is 9.59 Å². The van der Waals surface area contributed by atoms with E-state index in [4.69, 9.17) is 11.5 Å². The van der Waals surface area contributed by atoms with Crippen LogP contribution in [0.3, 0.4) is 0 Å². The Bertz CT molecular complexity index is 199. The minimum atomic E-state index is -0.620. The standard InChI is InChI=1S/C8H16N2O2/c1-5(11)7(10)8(2,3)4-6(9)12/h7H,4,10H2,1-3H3,(H2,9,12). The third-order valence-electron chi connectivity index (χ3n) is 1.91. The van der Waals surface area contributed by atoms with Gasteiger partial charge in [-0.05, 0) is 12.3 Å². The highest BCUT2D eigenvalue weighted by Gasteiger charge is 2.31. The first-order chi connectivity index (χ1) is 5.27. The second-order valence-electron chi connectivity index (χ2n) is 3.72. The van der Waals surface area contributed by atoms with Gasteiger partial charge in [-0.15, -0.1) is 0 Å². The van der Waals surface area contributed by atoms with Gasteiger partial charge in [0.05, 0.1) is 6.04 Å². The predicted octanol–water partition coefficient (Wildman–Crippen LogP) is -0.196. The molecule has 0 rings (SSSR count). The van der Waals surface area contributed by atoms with Crippen LogP contribution < -0.4 is 11.5 Å². The quantitative estimate of drug-likeness (QED) is 0.616. The van der Waals surface area contributed by atoms with Crippen LogP contribution in [0.25, 0.3) is 0 Å². The van der Waals surface area contributed by atoms with Crippen molar-refractivity contribution >= 4 is 11.7 Å². The minimum absolute atomic E-state index is 0.124. The minimum Gasteiger partial charge on any atom is -0.370 e. The lowest BCUT2D eigenvalue weighted by Crippen LogP contribution is -2.44. The summed E-state index contributed by atoms with van der Waals surface area (Å²) in [6.45, 7) is 4.92. The summed E-state index contributed by atoms with van der Waals surface area (Å²) < 4.78 is 0. The van der Waals surface area contributed by atoms with E-state index in [-0.39, 0.29) is 12.2 Å². The Kier molecular flexibility index (Phi) is 3.39. The number of hydrogen-bond donors (Lipinski definition) is 2. The van der Waals surface area contributed by atoms with Crippen LogP contribution in [-0.2, 0) is 9.59 Å². The van der Waals surface area contributed by atoms with Crippen molar-refractivity contribution in [2.24, 2.45) is 16.9 Å². The van der Waals surface area contributed by atoms with Gasteiger partial charge in [0.1, 0.15) is 5.78 Å². The Hall–Kier alpha value is -0.900. The van der Waals surface area contributed by atoms with Crippen LogP contribution in [0, 0.1) is 5.41 Å². The molecule has 1 amide bonds. The number of Topliss-reactive ketones (excluding diaryl/α,β-unsaturated/α-hetero) is 1. The highest BCUT2D eigenvalue weighted by molar-refractivity contribution is 5.83. The van der Waals surface area contributed by atoms with E-state index < -0.39 is 17.4 Å². The molecule has 70 valence electrons. The highest BCUT2D eigenvalue weighted by Crippen LogP contribution is 2.23. The number of nitrogens with two attached hydrogens (primary N) is 2. The maximum absolute atomic E-state index is 10.9. The summed E-state index contributed by atoms with van der Waals surface area (Å²) in [5.74, 6) is -0.557. The molecule has 4 nitrogen and oxygen atoms in total. The summed E-state index contributed by atoms with van der Waals surface area (Å²) in [6.07, 6.45) is 0.133. The molecular formula is C8H16N2O2. The molecule has 12 heavy (non-hydrogen) atoms.